The van der Waals surface area contributed by atoms with Crippen molar-refractivity contribution in [3.8, 4) is 0 Å². The van der Waals surface area contributed by atoms with E-state index in [-0.39, 0.29) is 10.6 Å². The standard InChI is InChI=1S/C19H23N3O2/c23-22(24)19-9-5-4-8-18(19)16-21-14-12-20(13-15-21)11-10-17-6-2-1-3-7-17/h1-9H,10-16H2. The fourth-order valence-corrected chi connectivity index (χ4v) is 3.17. The van der Waals surface area contributed by atoms with Gasteiger partial charge in [0.15, 0.2) is 0 Å². The van der Waals surface area contributed by atoms with Crippen molar-refractivity contribution in [3.05, 3.63) is 75.8 Å². The zero-order valence-corrected chi connectivity index (χ0v) is 13.8. The molecule has 0 atom stereocenters. The van der Waals surface area contributed by atoms with E-state index >= 15 is 0 Å². The van der Waals surface area contributed by atoms with Crippen LogP contribution in [0.4, 0.5) is 5.69 Å². The highest BCUT2D eigenvalue weighted by Crippen LogP contribution is 2.20. The average Bonchev–Trinajstić information content (AvgIpc) is 2.62. The summed E-state index contributed by atoms with van der Waals surface area (Å²) in [4.78, 5) is 15.6. The third-order valence-corrected chi connectivity index (χ3v) is 4.61. The molecular weight excluding hydrogens is 302 g/mol. The Labute approximate surface area is 142 Å². The fourth-order valence-electron chi connectivity index (χ4n) is 3.17. The SMILES string of the molecule is O=[N+]([O-])c1ccccc1CN1CCN(CCc2ccccc2)CC1. The summed E-state index contributed by atoms with van der Waals surface area (Å²) in [6.07, 6.45) is 1.07. The van der Waals surface area contributed by atoms with Crippen LogP contribution in [0.25, 0.3) is 0 Å². The summed E-state index contributed by atoms with van der Waals surface area (Å²) in [6.45, 7) is 5.69. The predicted molar refractivity (Wildman–Crippen MR) is 95.0 cm³/mol. The van der Waals surface area contributed by atoms with Crippen molar-refractivity contribution in [1.82, 2.24) is 9.80 Å². The second kappa shape index (κ2) is 8.04. The smallest absolute Gasteiger partial charge is 0.273 e. The highest BCUT2D eigenvalue weighted by atomic mass is 16.6. The van der Waals surface area contributed by atoms with E-state index in [0.717, 1.165) is 44.7 Å². The van der Waals surface area contributed by atoms with Crippen LogP contribution in [0.2, 0.25) is 0 Å². The van der Waals surface area contributed by atoms with Crippen LogP contribution < -0.4 is 0 Å². The Balaban J connectivity index is 1.48. The van der Waals surface area contributed by atoms with E-state index in [1.165, 1.54) is 5.56 Å². The second-order valence-electron chi connectivity index (χ2n) is 6.24. The van der Waals surface area contributed by atoms with Gasteiger partial charge in [-0.1, -0.05) is 48.5 Å². The first kappa shape index (κ1) is 16.6. The molecule has 0 aromatic heterocycles. The minimum absolute atomic E-state index is 0.226. The van der Waals surface area contributed by atoms with Crippen LogP contribution in [0, 0.1) is 10.1 Å². The van der Waals surface area contributed by atoms with Crippen molar-refractivity contribution in [2.45, 2.75) is 13.0 Å². The van der Waals surface area contributed by atoms with Gasteiger partial charge in [-0.15, -0.1) is 0 Å². The van der Waals surface area contributed by atoms with Crippen molar-refractivity contribution in [1.29, 1.82) is 0 Å². The lowest BCUT2D eigenvalue weighted by Crippen LogP contribution is -2.46. The molecule has 5 heteroatoms. The topological polar surface area (TPSA) is 49.6 Å². The summed E-state index contributed by atoms with van der Waals surface area (Å²) in [7, 11) is 0. The fraction of sp³-hybridized carbons (Fsp3) is 0.368. The number of hydrogen-bond acceptors (Lipinski definition) is 4. The van der Waals surface area contributed by atoms with Crippen molar-refractivity contribution in [3.63, 3.8) is 0 Å². The molecule has 0 bridgehead atoms. The molecule has 0 aliphatic carbocycles. The largest absolute Gasteiger partial charge is 0.300 e. The van der Waals surface area contributed by atoms with Gasteiger partial charge in [0.25, 0.3) is 5.69 Å². The molecule has 0 radical (unpaired) electrons. The van der Waals surface area contributed by atoms with Crippen LogP contribution in [0.15, 0.2) is 54.6 Å². The van der Waals surface area contributed by atoms with Crippen LogP contribution >= 0.6 is 0 Å². The Morgan fingerprint density at radius 1 is 0.875 bits per heavy atom. The molecule has 0 unspecified atom stereocenters. The molecule has 0 spiro atoms. The maximum atomic E-state index is 11.1. The molecule has 1 aliphatic rings. The normalized spacial score (nSPS) is 16.2. The highest BCUT2D eigenvalue weighted by Gasteiger charge is 2.20. The summed E-state index contributed by atoms with van der Waals surface area (Å²) in [5.41, 5.74) is 2.41. The Hall–Kier alpha value is -2.24. The minimum Gasteiger partial charge on any atom is -0.300 e. The van der Waals surface area contributed by atoms with E-state index in [9.17, 15) is 10.1 Å². The maximum absolute atomic E-state index is 11.1. The number of nitro benzene ring substituents is 1. The quantitative estimate of drug-likeness (QED) is 0.605. The van der Waals surface area contributed by atoms with Crippen molar-refractivity contribution in [2.75, 3.05) is 32.7 Å². The summed E-state index contributed by atoms with van der Waals surface area (Å²) in [5, 5.41) is 11.1. The van der Waals surface area contributed by atoms with E-state index in [0.29, 0.717) is 6.54 Å². The number of para-hydroxylation sites is 1. The van der Waals surface area contributed by atoms with Gasteiger partial charge in [0.1, 0.15) is 0 Å². The third-order valence-electron chi connectivity index (χ3n) is 4.61. The molecule has 0 N–H and O–H groups in total. The van der Waals surface area contributed by atoms with E-state index < -0.39 is 0 Å². The third kappa shape index (κ3) is 4.40. The van der Waals surface area contributed by atoms with Crippen LogP contribution in [-0.2, 0) is 13.0 Å². The monoisotopic (exact) mass is 325 g/mol. The summed E-state index contributed by atoms with van der Waals surface area (Å²) in [5.74, 6) is 0. The average molecular weight is 325 g/mol. The van der Waals surface area contributed by atoms with E-state index in [1.807, 2.05) is 18.2 Å². The van der Waals surface area contributed by atoms with Gasteiger partial charge in [-0.3, -0.25) is 15.0 Å². The Morgan fingerprint density at radius 3 is 2.21 bits per heavy atom. The van der Waals surface area contributed by atoms with Gasteiger partial charge in [-0.05, 0) is 12.0 Å². The Kier molecular flexibility index (Phi) is 5.56. The predicted octanol–water partition coefficient (Wildman–Crippen LogP) is 2.96. The van der Waals surface area contributed by atoms with Crippen molar-refractivity contribution >= 4 is 5.69 Å². The molecule has 2 aromatic rings. The summed E-state index contributed by atoms with van der Waals surface area (Å²) in [6, 6.07) is 17.6. The zero-order valence-electron chi connectivity index (χ0n) is 13.8. The Bertz CT molecular complexity index is 667. The van der Waals surface area contributed by atoms with Gasteiger partial charge in [-0.2, -0.15) is 0 Å². The van der Waals surface area contributed by atoms with Crippen molar-refractivity contribution in [2.24, 2.45) is 0 Å². The van der Waals surface area contributed by atoms with Crippen LogP contribution in [0.5, 0.6) is 0 Å². The molecule has 24 heavy (non-hydrogen) atoms. The first-order valence-corrected chi connectivity index (χ1v) is 8.43. The lowest BCUT2D eigenvalue weighted by molar-refractivity contribution is -0.385. The summed E-state index contributed by atoms with van der Waals surface area (Å²) < 4.78 is 0. The molecule has 1 saturated heterocycles. The first-order valence-electron chi connectivity index (χ1n) is 8.43. The minimum atomic E-state index is -0.286. The molecule has 1 aliphatic heterocycles. The molecule has 2 aromatic carbocycles. The first-order chi connectivity index (χ1) is 11.7. The summed E-state index contributed by atoms with van der Waals surface area (Å²) >= 11 is 0. The lowest BCUT2D eigenvalue weighted by Gasteiger charge is -2.34. The number of piperazine rings is 1. The number of benzene rings is 2. The van der Waals surface area contributed by atoms with Gasteiger partial charge in [0.05, 0.1) is 4.92 Å². The number of hydrogen-bond donors (Lipinski definition) is 0. The molecule has 5 nitrogen and oxygen atoms in total. The van der Waals surface area contributed by atoms with E-state index in [4.69, 9.17) is 0 Å². The molecule has 0 saturated carbocycles. The molecule has 0 amide bonds. The lowest BCUT2D eigenvalue weighted by atomic mass is 10.1. The van der Waals surface area contributed by atoms with Crippen LogP contribution in [-0.4, -0.2) is 47.4 Å². The number of nitrogens with zero attached hydrogens (tertiary/aromatic N) is 3. The van der Waals surface area contributed by atoms with Crippen molar-refractivity contribution < 1.29 is 4.92 Å². The van der Waals surface area contributed by atoms with Gasteiger partial charge in [-0.25, -0.2) is 0 Å². The molecule has 3 rings (SSSR count). The number of nitro groups is 1. The zero-order chi connectivity index (χ0) is 16.8. The number of rotatable bonds is 6. The molecule has 126 valence electrons. The van der Waals surface area contributed by atoms with E-state index in [1.54, 1.807) is 12.1 Å². The second-order valence-corrected chi connectivity index (χ2v) is 6.24. The van der Waals surface area contributed by atoms with Crippen LogP contribution in [0.1, 0.15) is 11.1 Å². The van der Waals surface area contributed by atoms with Gasteiger partial charge >= 0.3 is 0 Å². The van der Waals surface area contributed by atoms with Crippen LogP contribution in [0.3, 0.4) is 0 Å². The maximum Gasteiger partial charge on any atom is 0.273 e. The molecule has 1 fully saturated rings. The van der Waals surface area contributed by atoms with Gasteiger partial charge in [0, 0.05) is 50.9 Å². The molecule has 1 heterocycles. The van der Waals surface area contributed by atoms with Gasteiger partial charge in [0.2, 0.25) is 0 Å². The van der Waals surface area contributed by atoms with E-state index in [2.05, 4.69) is 34.1 Å². The van der Waals surface area contributed by atoms with Gasteiger partial charge < -0.3 is 4.90 Å². The molecular formula is C19H23N3O2. The Morgan fingerprint density at radius 2 is 1.50 bits per heavy atom. The highest BCUT2D eigenvalue weighted by molar-refractivity contribution is 5.39.